The molecule has 0 aliphatic carbocycles. The van der Waals surface area contributed by atoms with Gasteiger partial charge in [0, 0.05) is 7.05 Å². The fourth-order valence-electron chi connectivity index (χ4n) is 2.30. The Bertz CT molecular complexity index is 722. The Morgan fingerprint density at radius 3 is 2.13 bits per heavy atom. The van der Waals surface area contributed by atoms with E-state index in [2.05, 4.69) is 5.10 Å². The summed E-state index contributed by atoms with van der Waals surface area (Å²) >= 11 is 0. The van der Waals surface area contributed by atoms with Crippen LogP contribution in [0, 0.1) is 6.92 Å². The van der Waals surface area contributed by atoms with Crippen molar-refractivity contribution < 1.29 is 19.0 Å². The number of allylic oxidation sites excluding steroid dienone is 1. The molecule has 0 saturated heterocycles. The Labute approximate surface area is 135 Å². The Balaban J connectivity index is 2.32. The molecule has 0 aliphatic rings. The van der Waals surface area contributed by atoms with Crippen LogP contribution in [0.2, 0.25) is 0 Å². The lowest BCUT2D eigenvalue weighted by Gasteiger charge is -2.12. The Hall–Kier alpha value is -2.76. The first-order valence-electron chi connectivity index (χ1n) is 7.03. The van der Waals surface area contributed by atoms with Crippen LogP contribution in [0.25, 0.3) is 6.08 Å². The summed E-state index contributed by atoms with van der Waals surface area (Å²) in [5.41, 5.74) is 2.11. The molecule has 2 rings (SSSR count). The quantitative estimate of drug-likeness (QED) is 0.605. The topological polar surface area (TPSA) is 62.6 Å². The predicted octanol–water partition coefficient (Wildman–Crippen LogP) is 2.65. The number of carbonyl (C=O) groups excluding carboxylic acids is 1. The second kappa shape index (κ2) is 7.00. The van der Waals surface area contributed by atoms with Crippen LogP contribution in [0.4, 0.5) is 0 Å². The summed E-state index contributed by atoms with van der Waals surface area (Å²) < 4.78 is 17.4. The number of rotatable bonds is 6. The van der Waals surface area contributed by atoms with Gasteiger partial charge in [-0.2, -0.15) is 5.10 Å². The van der Waals surface area contributed by atoms with Gasteiger partial charge in [-0.15, -0.1) is 0 Å². The second-order valence-corrected chi connectivity index (χ2v) is 4.95. The van der Waals surface area contributed by atoms with E-state index in [1.165, 1.54) is 6.08 Å². The first kappa shape index (κ1) is 16.6. The van der Waals surface area contributed by atoms with Gasteiger partial charge < -0.3 is 14.2 Å². The zero-order chi connectivity index (χ0) is 17.0. The van der Waals surface area contributed by atoms with Crippen molar-refractivity contribution in [1.82, 2.24) is 9.78 Å². The number of nitrogens with zero attached hydrogens (tertiary/aromatic N) is 2. The number of hydrogen-bond donors (Lipinski definition) is 0. The van der Waals surface area contributed by atoms with Crippen LogP contribution in [0.1, 0.15) is 21.7 Å². The number of aromatic nitrogens is 2. The lowest BCUT2D eigenvalue weighted by Crippen LogP contribution is -2.03. The summed E-state index contributed by atoms with van der Waals surface area (Å²) in [6.07, 6.45) is 3.20. The molecular formula is C17H20N2O4. The van der Waals surface area contributed by atoms with Crippen LogP contribution in [-0.4, -0.2) is 36.9 Å². The molecule has 23 heavy (non-hydrogen) atoms. The molecule has 2 aromatic rings. The van der Waals surface area contributed by atoms with Crippen LogP contribution < -0.4 is 14.2 Å². The summed E-state index contributed by atoms with van der Waals surface area (Å²) in [5, 5.41) is 4.17. The third-order valence-electron chi connectivity index (χ3n) is 3.37. The van der Waals surface area contributed by atoms with Crippen molar-refractivity contribution in [2.24, 2.45) is 7.05 Å². The van der Waals surface area contributed by atoms with Gasteiger partial charge in [0.05, 0.1) is 27.0 Å². The maximum absolute atomic E-state index is 12.2. The molecule has 1 heterocycles. The molecule has 1 aromatic carbocycles. The highest BCUT2D eigenvalue weighted by Crippen LogP contribution is 2.38. The minimum Gasteiger partial charge on any atom is -0.493 e. The second-order valence-electron chi connectivity index (χ2n) is 4.95. The van der Waals surface area contributed by atoms with Crippen molar-refractivity contribution in [2.45, 2.75) is 6.92 Å². The molecule has 122 valence electrons. The van der Waals surface area contributed by atoms with E-state index < -0.39 is 0 Å². The van der Waals surface area contributed by atoms with Gasteiger partial charge in [0.2, 0.25) is 11.5 Å². The molecule has 0 aliphatic heterocycles. The maximum atomic E-state index is 12.2. The van der Waals surface area contributed by atoms with E-state index in [1.807, 2.05) is 6.92 Å². The molecule has 0 radical (unpaired) electrons. The number of hydrogen-bond acceptors (Lipinski definition) is 5. The molecule has 0 N–H and O–H groups in total. The Morgan fingerprint density at radius 2 is 1.70 bits per heavy atom. The van der Waals surface area contributed by atoms with E-state index in [0.717, 1.165) is 11.3 Å². The average molecular weight is 316 g/mol. The fraction of sp³-hybridized carbons (Fsp3) is 0.294. The number of aryl methyl sites for hydroxylation is 2. The van der Waals surface area contributed by atoms with Crippen molar-refractivity contribution in [2.75, 3.05) is 21.3 Å². The van der Waals surface area contributed by atoms with Gasteiger partial charge in [0.1, 0.15) is 5.69 Å². The number of carbonyl (C=O) groups is 1. The maximum Gasteiger partial charge on any atom is 0.203 e. The zero-order valence-corrected chi connectivity index (χ0v) is 13.9. The third-order valence-corrected chi connectivity index (χ3v) is 3.37. The lowest BCUT2D eigenvalue weighted by atomic mass is 10.1. The smallest absolute Gasteiger partial charge is 0.203 e. The molecule has 0 amide bonds. The van der Waals surface area contributed by atoms with Crippen molar-refractivity contribution in [3.63, 3.8) is 0 Å². The Morgan fingerprint density at radius 1 is 1.09 bits per heavy atom. The van der Waals surface area contributed by atoms with Crippen LogP contribution >= 0.6 is 0 Å². The van der Waals surface area contributed by atoms with Gasteiger partial charge in [0.25, 0.3) is 0 Å². The van der Waals surface area contributed by atoms with Crippen LogP contribution in [0.15, 0.2) is 24.3 Å². The molecule has 6 heteroatoms. The molecule has 0 bridgehead atoms. The summed E-state index contributed by atoms with van der Waals surface area (Å²) in [5.74, 6) is 1.47. The van der Waals surface area contributed by atoms with Crippen molar-refractivity contribution in [1.29, 1.82) is 0 Å². The molecule has 1 aromatic heterocycles. The number of ether oxygens (including phenoxy) is 3. The monoisotopic (exact) mass is 316 g/mol. The van der Waals surface area contributed by atoms with E-state index >= 15 is 0 Å². The Kier molecular flexibility index (Phi) is 5.05. The highest BCUT2D eigenvalue weighted by Gasteiger charge is 2.13. The summed E-state index contributed by atoms with van der Waals surface area (Å²) in [6.45, 7) is 1.85. The van der Waals surface area contributed by atoms with Crippen molar-refractivity contribution in [3.8, 4) is 17.2 Å². The normalized spacial score (nSPS) is 10.8. The van der Waals surface area contributed by atoms with Crippen molar-refractivity contribution in [3.05, 3.63) is 41.2 Å². The van der Waals surface area contributed by atoms with Gasteiger partial charge in [-0.3, -0.25) is 9.48 Å². The third kappa shape index (κ3) is 3.53. The molecule has 0 spiro atoms. The molecule has 0 atom stereocenters. The summed E-state index contributed by atoms with van der Waals surface area (Å²) in [7, 11) is 6.39. The highest BCUT2D eigenvalue weighted by atomic mass is 16.5. The molecular weight excluding hydrogens is 296 g/mol. The van der Waals surface area contributed by atoms with E-state index in [9.17, 15) is 4.79 Å². The fourth-order valence-corrected chi connectivity index (χ4v) is 2.30. The van der Waals surface area contributed by atoms with Gasteiger partial charge in [-0.05, 0) is 36.8 Å². The first-order chi connectivity index (χ1) is 11.0. The molecule has 6 nitrogen and oxygen atoms in total. The summed E-state index contributed by atoms with van der Waals surface area (Å²) in [6, 6.07) is 5.31. The average Bonchev–Trinajstić information content (AvgIpc) is 2.89. The molecule has 0 unspecified atom stereocenters. The SMILES string of the molecule is COc1cc(/C=C/C(=O)c2cc(C)nn2C)cc(OC)c1OC. The predicted molar refractivity (Wildman–Crippen MR) is 87.4 cm³/mol. The standard InChI is InChI=1S/C17H20N2O4/c1-11-8-13(19(2)18-11)14(20)7-6-12-9-15(21-3)17(23-5)16(10-12)22-4/h6-10H,1-5H3/b7-6+. The number of ketones is 1. The molecule has 0 saturated carbocycles. The van der Waals surface area contributed by atoms with Crippen molar-refractivity contribution >= 4 is 11.9 Å². The number of methoxy groups -OCH3 is 3. The number of benzene rings is 1. The molecule has 0 fully saturated rings. The van der Waals surface area contributed by atoms with Crippen LogP contribution in [0.5, 0.6) is 17.2 Å². The van der Waals surface area contributed by atoms with E-state index in [0.29, 0.717) is 22.9 Å². The van der Waals surface area contributed by atoms with Gasteiger partial charge >= 0.3 is 0 Å². The van der Waals surface area contributed by atoms with Gasteiger partial charge in [0.15, 0.2) is 11.5 Å². The van der Waals surface area contributed by atoms with E-state index in [-0.39, 0.29) is 5.78 Å². The first-order valence-corrected chi connectivity index (χ1v) is 7.03. The highest BCUT2D eigenvalue weighted by molar-refractivity contribution is 6.05. The van der Waals surface area contributed by atoms with Crippen LogP contribution in [-0.2, 0) is 7.05 Å². The zero-order valence-electron chi connectivity index (χ0n) is 13.9. The van der Waals surface area contributed by atoms with Gasteiger partial charge in [-0.25, -0.2) is 0 Å². The van der Waals surface area contributed by atoms with Gasteiger partial charge in [-0.1, -0.05) is 6.08 Å². The minimum absolute atomic E-state index is 0.123. The minimum atomic E-state index is -0.123. The lowest BCUT2D eigenvalue weighted by molar-refractivity contribution is 0.103. The summed E-state index contributed by atoms with van der Waals surface area (Å²) in [4.78, 5) is 12.2. The van der Waals surface area contributed by atoms with E-state index in [1.54, 1.807) is 57.3 Å². The van der Waals surface area contributed by atoms with Crippen LogP contribution in [0.3, 0.4) is 0 Å². The largest absolute Gasteiger partial charge is 0.493 e. The van der Waals surface area contributed by atoms with E-state index in [4.69, 9.17) is 14.2 Å².